The average Bonchev–Trinajstić information content (AvgIpc) is 2.69. The normalized spacial score (nSPS) is 25.0. The summed E-state index contributed by atoms with van der Waals surface area (Å²) in [5, 5.41) is 13.2. The van der Waals surface area contributed by atoms with Crippen LogP contribution in [0.25, 0.3) is 0 Å². The van der Waals surface area contributed by atoms with Crippen molar-refractivity contribution in [3.8, 4) is 6.07 Å². The molecule has 1 atom stereocenters. The molecule has 0 bridgehead atoms. The molecule has 2 aliphatic heterocycles. The first-order valence-electron chi connectivity index (χ1n) is 9.67. The van der Waals surface area contributed by atoms with Crippen LogP contribution in [0.2, 0.25) is 5.02 Å². The SMILES string of the molecule is N#C[C@H]1C(=O)NC(N2CCN(c3ccc(Cl)cc3)CC2)=NC12CCCCC2. The Labute approximate surface area is 164 Å². The molecule has 1 N–H and O–H groups in total. The lowest BCUT2D eigenvalue weighted by Gasteiger charge is -2.44. The number of anilines is 1. The maximum absolute atomic E-state index is 12.6. The van der Waals surface area contributed by atoms with Gasteiger partial charge in [0.15, 0.2) is 5.92 Å². The van der Waals surface area contributed by atoms with E-state index in [2.05, 4.69) is 21.2 Å². The van der Waals surface area contributed by atoms with Crippen LogP contribution in [-0.2, 0) is 4.79 Å². The van der Waals surface area contributed by atoms with Gasteiger partial charge in [0.25, 0.3) is 0 Å². The first-order valence-corrected chi connectivity index (χ1v) is 10.0. The summed E-state index contributed by atoms with van der Waals surface area (Å²) in [6.45, 7) is 3.28. The van der Waals surface area contributed by atoms with E-state index in [1.165, 1.54) is 0 Å². The van der Waals surface area contributed by atoms with E-state index in [0.29, 0.717) is 5.96 Å². The lowest BCUT2D eigenvalue weighted by Crippen LogP contribution is -2.60. The topological polar surface area (TPSA) is 71.7 Å². The fraction of sp³-hybridized carbons (Fsp3) is 0.550. The summed E-state index contributed by atoms with van der Waals surface area (Å²) in [6, 6.07) is 10.1. The third kappa shape index (κ3) is 3.49. The lowest BCUT2D eigenvalue weighted by atomic mass is 9.72. The van der Waals surface area contributed by atoms with Gasteiger partial charge in [-0.1, -0.05) is 30.9 Å². The minimum absolute atomic E-state index is 0.190. The van der Waals surface area contributed by atoms with Crippen LogP contribution in [0.1, 0.15) is 32.1 Å². The molecule has 3 aliphatic rings. The summed E-state index contributed by atoms with van der Waals surface area (Å²) in [6.07, 6.45) is 4.88. The summed E-state index contributed by atoms with van der Waals surface area (Å²) >= 11 is 5.98. The number of hydrogen-bond donors (Lipinski definition) is 1. The number of hydrogen-bond acceptors (Lipinski definition) is 5. The van der Waals surface area contributed by atoms with E-state index in [-0.39, 0.29) is 5.91 Å². The highest BCUT2D eigenvalue weighted by atomic mass is 35.5. The molecule has 1 saturated carbocycles. The number of amides is 1. The van der Waals surface area contributed by atoms with Crippen LogP contribution in [0.5, 0.6) is 0 Å². The number of nitrogens with one attached hydrogen (secondary N) is 1. The van der Waals surface area contributed by atoms with Crippen molar-refractivity contribution in [1.82, 2.24) is 10.2 Å². The zero-order chi connectivity index (χ0) is 18.9. The summed E-state index contributed by atoms with van der Waals surface area (Å²) < 4.78 is 0. The Hall–Kier alpha value is -2.26. The van der Waals surface area contributed by atoms with Crippen molar-refractivity contribution in [2.45, 2.75) is 37.6 Å². The first kappa shape index (κ1) is 18.1. The standard InChI is InChI=1S/C20H24ClN5O/c21-15-4-6-16(7-5-15)25-10-12-26(13-11-25)19-23-18(27)17(14-22)20(24-19)8-2-1-3-9-20/h4-7,17H,1-3,8-13H2,(H,23,24,27)/t17-/m0/s1. The maximum atomic E-state index is 12.6. The number of nitrogens with zero attached hydrogens (tertiary/aromatic N) is 4. The van der Waals surface area contributed by atoms with Gasteiger partial charge in [-0.15, -0.1) is 0 Å². The van der Waals surface area contributed by atoms with E-state index in [0.717, 1.165) is 69.0 Å². The van der Waals surface area contributed by atoms with Crippen LogP contribution in [0, 0.1) is 17.2 Å². The number of benzene rings is 1. The van der Waals surface area contributed by atoms with E-state index < -0.39 is 11.5 Å². The van der Waals surface area contributed by atoms with Gasteiger partial charge in [-0.05, 0) is 37.1 Å². The molecule has 1 spiro atoms. The smallest absolute Gasteiger partial charge is 0.246 e. The van der Waals surface area contributed by atoms with Gasteiger partial charge < -0.3 is 9.80 Å². The number of nitriles is 1. The van der Waals surface area contributed by atoms with Crippen LogP contribution >= 0.6 is 11.6 Å². The highest BCUT2D eigenvalue weighted by Crippen LogP contribution is 2.40. The van der Waals surface area contributed by atoms with Crippen molar-refractivity contribution in [2.24, 2.45) is 10.9 Å². The first-order chi connectivity index (χ1) is 13.1. The highest BCUT2D eigenvalue weighted by Gasteiger charge is 2.48. The molecule has 1 aromatic rings. The predicted molar refractivity (Wildman–Crippen MR) is 106 cm³/mol. The van der Waals surface area contributed by atoms with E-state index >= 15 is 0 Å². The summed E-state index contributed by atoms with van der Waals surface area (Å²) in [5.41, 5.74) is 0.625. The van der Waals surface area contributed by atoms with E-state index in [1.54, 1.807) is 0 Å². The van der Waals surface area contributed by atoms with Gasteiger partial charge in [-0.25, -0.2) is 4.99 Å². The minimum atomic E-state index is -0.670. The summed E-state index contributed by atoms with van der Waals surface area (Å²) in [5.74, 6) is -0.203. The van der Waals surface area contributed by atoms with Crippen molar-refractivity contribution in [2.75, 3.05) is 31.1 Å². The number of guanidine groups is 1. The molecule has 142 valence electrons. The van der Waals surface area contributed by atoms with Gasteiger partial charge in [-0.2, -0.15) is 5.26 Å². The van der Waals surface area contributed by atoms with Crippen molar-refractivity contribution in [3.63, 3.8) is 0 Å². The molecular weight excluding hydrogens is 362 g/mol. The van der Waals surface area contributed by atoms with Gasteiger partial charge >= 0.3 is 0 Å². The van der Waals surface area contributed by atoms with Crippen LogP contribution < -0.4 is 10.2 Å². The molecule has 0 radical (unpaired) electrons. The van der Waals surface area contributed by atoms with Gasteiger partial charge in [0.2, 0.25) is 11.9 Å². The zero-order valence-corrected chi connectivity index (χ0v) is 16.1. The largest absolute Gasteiger partial charge is 0.368 e. The number of piperazine rings is 1. The van der Waals surface area contributed by atoms with Crippen LogP contribution in [0.4, 0.5) is 5.69 Å². The van der Waals surface area contributed by atoms with Crippen LogP contribution in [0.3, 0.4) is 0 Å². The Balaban J connectivity index is 1.49. The molecule has 27 heavy (non-hydrogen) atoms. The molecule has 2 fully saturated rings. The van der Waals surface area contributed by atoms with E-state index in [1.807, 2.05) is 24.3 Å². The number of rotatable bonds is 1. The highest BCUT2D eigenvalue weighted by molar-refractivity contribution is 6.30. The van der Waals surface area contributed by atoms with Crippen molar-refractivity contribution >= 4 is 29.2 Å². The number of halogens is 1. The minimum Gasteiger partial charge on any atom is -0.368 e. The second-order valence-electron chi connectivity index (χ2n) is 7.60. The van der Waals surface area contributed by atoms with E-state index in [9.17, 15) is 10.1 Å². The Morgan fingerprint density at radius 2 is 1.70 bits per heavy atom. The molecule has 0 aromatic heterocycles. The third-order valence-corrected chi connectivity index (χ3v) is 6.23. The monoisotopic (exact) mass is 385 g/mol. The fourth-order valence-corrected chi connectivity index (χ4v) is 4.58. The second kappa shape index (κ2) is 7.40. The molecule has 4 rings (SSSR count). The van der Waals surface area contributed by atoms with Crippen LogP contribution in [0.15, 0.2) is 29.3 Å². The quantitative estimate of drug-likeness (QED) is 0.806. The summed E-state index contributed by atoms with van der Waals surface area (Å²) in [7, 11) is 0. The maximum Gasteiger partial charge on any atom is 0.246 e. The zero-order valence-electron chi connectivity index (χ0n) is 15.3. The van der Waals surface area contributed by atoms with Gasteiger partial charge in [-0.3, -0.25) is 10.1 Å². The Kier molecular flexibility index (Phi) is 4.96. The number of carbonyl (C=O) groups excluding carboxylic acids is 1. The molecule has 1 aliphatic carbocycles. The van der Waals surface area contributed by atoms with Gasteiger partial charge in [0.05, 0.1) is 11.6 Å². The Morgan fingerprint density at radius 3 is 2.33 bits per heavy atom. The number of carbonyl (C=O) groups is 1. The van der Waals surface area contributed by atoms with Gasteiger partial charge in [0, 0.05) is 36.9 Å². The predicted octanol–water partition coefficient (Wildman–Crippen LogP) is 2.79. The van der Waals surface area contributed by atoms with E-state index in [4.69, 9.17) is 16.6 Å². The van der Waals surface area contributed by atoms with Crippen molar-refractivity contribution < 1.29 is 4.79 Å². The molecule has 1 aromatic carbocycles. The molecule has 7 heteroatoms. The van der Waals surface area contributed by atoms with Crippen LogP contribution in [-0.4, -0.2) is 48.5 Å². The summed E-state index contributed by atoms with van der Waals surface area (Å²) in [4.78, 5) is 22.0. The number of aliphatic imine (C=N–C) groups is 1. The van der Waals surface area contributed by atoms with Crippen molar-refractivity contribution in [3.05, 3.63) is 29.3 Å². The molecule has 0 unspecified atom stereocenters. The Morgan fingerprint density at radius 1 is 1.07 bits per heavy atom. The Bertz CT molecular complexity index is 771. The second-order valence-corrected chi connectivity index (χ2v) is 8.04. The lowest BCUT2D eigenvalue weighted by molar-refractivity contribution is -0.125. The molecule has 2 heterocycles. The third-order valence-electron chi connectivity index (χ3n) is 5.98. The average molecular weight is 386 g/mol. The molecule has 1 amide bonds. The molecule has 1 saturated heterocycles. The fourth-order valence-electron chi connectivity index (χ4n) is 4.45. The van der Waals surface area contributed by atoms with Gasteiger partial charge in [0.1, 0.15) is 0 Å². The molecule has 6 nitrogen and oxygen atoms in total. The van der Waals surface area contributed by atoms with Crippen molar-refractivity contribution in [1.29, 1.82) is 5.26 Å². The molecular formula is C20H24ClN5O.